The standard InChI is InChI=1S/C19H26N4O3/c1-13-10-17(22-19(20-13)23-8-6-5-7-9-23)21-14-11-15(24-2)18(26-4)16(12-14)25-3/h10-12H,5-9H2,1-4H3,(H,20,21,22). The fraction of sp³-hybridized carbons (Fsp3) is 0.474. The van der Waals surface area contributed by atoms with Crippen molar-refractivity contribution in [3.63, 3.8) is 0 Å². The van der Waals surface area contributed by atoms with Crippen molar-refractivity contribution in [1.29, 1.82) is 0 Å². The number of anilines is 3. The van der Waals surface area contributed by atoms with Gasteiger partial charge in [-0.2, -0.15) is 4.98 Å². The summed E-state index contributed by atoms with van der Waals surface area (Å²) in [6, 6.07) is 5.65. The van der Waals surface area contributed by atoms with Crippen molar-refractivity contribution < 1.29 is 14.2 Å². The Morgan fingerprint density at radius 2 is 1.54 bits per heavy atom. The maximum atomic E-state index is 5.41. The van der Waals surface area contributed by atoms with E-state index in [4.69, 9.17) is 19.2 Å². The van der Waals surface area contributed by atoms with E-state index in [0.29, 0.717) is 17.2 Å². The number of benzene rings is 1. The van der Waals surface area contributed by atoms with Gasteiger partial charge in [-0.3, -0.25) is 0 Å². The third-order valence-electron chi connectivity index (χ3n) is 4.42. The molecule has 2 heterocycles. The molecule has 0 bridgehead atoms. The zero-order chi connectivity index (χ0) is 18.5. The van der Waals surface area contributed by atoms with Crippen molar-refractivity contribution in [2.24, 2.45) is 0 Å². The summed E-state index contributed by atoms with van der Waals surface area (Å²) in [5.74, 6) is 3.27. The minimum Gasteiger partial charge on any atom is -0.493 e. The fourth-order valence-corrected chi connectivity index (χ4v) is 3.15. The molecule has 0 radical (unpaired) electrons. The first-order chi connectivity index (χ1) is 12.6. The van der Waals surface area contributed by atoms with E-state index in [2.05, 4.69) is 15.2 Å². The molecule has 0 atom stereocenters. The summed E-state index contributed by atoms with van der Waals surface area (Å²) in [4.78, 5) is 11.5. The van der Waals surface area contributed by atoms with Gasteiger partial charge in [-0.1, -0.05) is 0 Å². The van der Waals surface area contributed by atoms with Crippen molar-refractivity contribution in [2.45, 2.75) is 26.2 Å². The maximum absolute atomic E-state index is 5.41. The Morgan fingerprint density at radius 3 is 2.12 bits per heavy atom. The number of nitrogens with zero attached hydrogens (tertiary/aromatic N) is 3. The van der Waals surface area contributed by atoms with Crippen LogP contribution < -0.4 is 24.4 Å². The summed E-state index contributed by atoms with van der Waals surface area (Å²) >= 11 is 0. The second-order valence-corrected chi connectivity index (χ2v) is 6.28. The third-order valence-corrected chi connectivity index (χ3v) is 4.42. The fourth-order valence-electron chi connectivity index (χ4n) is 3.15. The summed E-state index contributed by atoms with van der Waals surface area (Å²) in [7, 11) is 4.79. The summed E-state index contributed by atoms with van der Waals surface area (Å²) < 4.78 is 16.2. The molecule has 0 aliphatic carbocycles. The molecular weight excluding hydrogens is 332 g/mol. The first-order valence-corrected chi connectivity index (χ1v) is 8.82. The van der Waals surface area contributed by atoms with Crippen molar-refractivity contribution in [1.82, 2.24) is 9.97 Å². The predicted molar refractivity (Wildman–Crippen MR) is 102 cm³/mol. The van der Waals surface area contributed by atoms with Crippen LogP contribution in [-0.4, -0.2) is 44.4 Å². The van der Waals surface area contributed by atoms with Crippen LogP contribution in [0.25, 0.3) is 0 Å². The molecule has 1 saturated heterocycles. The zero-order valence-electron chi connectivity index (χ0n) is 15.8. The lowest BCUT2D eigenvalue weighted by molar-refractivity contribution is 0.324. The number of nitrogens with one attached hydrogen (secondary N) is 1. The van der Waals surface area contributed by atoms with Gasteiger partial charge in [0.15, 0.2) is 11.5 Å². The van der Waals surface area contributed by atoms with Gasteiger partial charge < -0.3 is 24.4 Å². The van der Waals surface area contributed by atoms with Crippen molar-refractivity contribution >= 4 is 17.5 Å². The second kappa shape index (κ2) is 8.12. The van der Waals surface area contributed by atoms with Gasteiger partial charge in [0, 0.05) is 42.7 Å². The number of piperidine rings is 1. The minimum absolute atomic E-state index is 0.563. The van der Waals surface area contributed by atoms with Crippen LogP contribution >= 0.6 is 0 Å². The van der Waals surface area contributed by atoms with Gasteiger partial charge in [-0.05, 0) is 26.2 Å². The highest BCUT2D eigenvalue weighted by atomic mass is 16.5. The molecule has 3 rings (SSSR count). The molecule has 7 heteroatoms. The van der Waals surface area contributed by atoms with Crippen molar-refractivity contribution in [3.8, 4) is 17.2 Å². The zero-order valence-corrected chi connectivity index (χ0v) is 15.8. The van der Waals surface area contributed by atoms with Gasteiger partial charge >= 0.3 is 0 Å². The SMILES string of the molecule is COc1cc(Nc2cc(C)nc(N3CCCCC3)n2)cc(OC)c1OC. The highest BCUT2D eigenvalue weighted by molar-refractivity contribution is 5.67. The first kappa shape index (κ1) is 18.1. The highest BCUT2D eigenvalue weighted by Crippen LogP contribution is 2.40. The van der Waals surface area contributed by atoms with Crippen LogP contribution in [0.5, 0.6) is 17.2 Å². The van der Waals surface area contributed by atoms with E-state index < -0.39 is 0 Å². The van der Waals surface area contributed by atoms with Gasteiger partial charge in [-0.25, -0.2) is 4.98 Å². The molecule has 7 nitrogen and oxygen atoms in total. The largest absolute Gasteiger partial charge is 0.493 e. The lowest BCUT2D eigenvalue weighted by Crippen LogP contribution is -2.31. The summed E-state index contributed by atoms with van der Waals surface area (Å²) in [6.07, 6.45) is 3.65. The second-order valence-electron chi connectivity index (χ2n) is 6.28. The molecule has 0 saturated carbocycles. The van der Waals surface area contributed by atoms with Crippen molar-refractivity contribution in [3.05, 3.63) is 23.9 Å². The number of rotatable bonds is 6. The van der Waals surface area contributed by atoms with Gasteiger partial charge in [0.2, 0.25) is 11.7 Å². The average molecular weight is 358 g/mol. The molecule has 2 aromatic rings. The lowest BCUT2D eigenvalue weighted by atomic mass is 10.1. The van der Waals surface area contributed by atoms with Crippen molar-refractivity contribution in [2.75, 3.05) is 44.6 Å². The molecule has 1 aliphatic rings. The molecule has 1 aromatic heterocycles. The topological polar surface area (TPSA) is 68.7 Å². The molecule has 1 N–H and O–H groups in total. The Kier molecular flexibility index (Phi) is 5.65. The normalized spacial score (nSPS) is 14.1. The average Bonchev–Trinajstić information content (AvgIpc) is 2.67. The smallest absolute Gasteiger partial charge is 0.227 e. The first-order valence-electron chi connectivity index (χ1n) is 8.82. The van der Waals surface area contributed by atoms with Crippen LogP contribution in [0.15, 0.2) is 18.2 Å². The number of ether oxygens (including phenoxy) is 3. The Hall–Kier alpha value is -2.70. The molecule has 1 fully saturated rings. The highest BCUT2D eigenvalue weighted by Gasteiger charge is 2.16. The molecule has 0 unspecified atom stereocenters. The molecule has 0 spiro atoms. The molecular formula is C19H26N4O3. The Labute approximate surface area is 154 Å². The van der Waals surface area contributed by atoms with Gasteiger partial charge in [0.1, 0.15) is 5.82 Å². The molecule has 0 amide bonds. The van der Waals surface area contributed by atoms with E-state index in [1.54, 1.807) is 21.3 Å². The third kappa shape index (κ3) is 3.92. The Balaban J connectivity index is 1.89. The Morgan fingerprint density at radius 1 is 0.885 bits per heavy atom. The summed E-state index contributed by atoms with van der Waals surface area (Å²) in [5, 5.41) is 3.33. The molecule has 26 heavy (non-hydrogen) atoms. The maximum Gasteiger partial charge on any atom is 0.227 e. The van der Waals surface area contributed by atoms with Crippen LogP contribution in [0.4, 0.5) is 17.5 Å². The summed E-state index contributed by atoms with van der Waals surface area (Å²) in [5.41, 5.74) is 1.73. The molecule has 1 aromatic carbocycles. The minimum atomic E-state index is 0.563. The number of methoxy groups -OCH3 is 3. The molecule has 140 valence electrons. The van der Waals surface area contributed by atoms with Crippen LogP contribution in [0.2, 0.25) is 0 Å². The monoisotopic (exact) mass is 358 g/mol. The van der Waals surface area contributed by atoms with E-state index in [1.165, 1.54) is 19.3 Å². The van der Waals surface area contributed by atoms with Crippen LogP contribution in [0.3, 0.4) is 0 Å². The number of aromatic nitrogens is 2. The lowest BCUT2D eigenvalue weighted by Gasteiger charge is -2.27. The van der Waals surface area contributed by atoms with Crippen LogP contribution in [0.1, 0.15) is 25.0 Å². The van der Waals surface area contributed by atoms with Gasteiger partial charge in [0.05, 0.1) is 21.3 Å². The van der Waals surface area contributed by atoms with Gasteiger partial charge in [-0.15, -0.1) is 0 Å². The predicted octanol–water partition coefficient (Wildman–Crippen LogP) is 3.54. The Bertz CT molecular complexity index is 735. The molecule has 1 aliphatic heterocycles. The number of hydrogen-bond donors (Lipinski definition) is 1. The van der Waals surface area contributed by atoms with Crippen LogP contribution in [-0.2, 0) is 0 Å². The van der Waals surface area contributed by atoms with E-state index in [0.717, 1.165) is 36.2 Å². The van der Waals surface area contributed by atoms with E-state index in [1.807, 2.05) is 25.1 Å². The van der Waals surface area contributed by atoms with E-state index in [9.17, 15) is 0 Å². The van der Waals surface area contributed by atoms with Crippen LogP contribution in [0, 0.1) is 6.92 Å². The van der Waals surface area contributed by atoms with Gasteiger partial charge in [0.25, 0.3) is 0 Å². The van der Waals surface area contributed by atoms with E-state index >= 15 is 0 Å². The summed E-state index contributed by atoms with van der Waals surface area (Å²) in [6.45, 7) is 4.00. The quantitative estimate of drug-likeness (QED) is 0.847. The number of aryl methyl sites for hydroxylation is 1. The number of hydrogen-bond acceptors (Lipinski definition) is 7. The van der Waals surface area contributed by atoms with E-state index in [-0.39, 0.29) is 0 Å².